The summed E-state index contributed by atoms with van der Waals surface area (Å²) in [7, 11) is -0.955. The number of aryl methyl sites for hydroxylation is 1. The zero-order valence-electron chi connectivity index (χ0n) is 21.3. The van der Waals surface area contributed by atoms with Crippen LogP contribution in [-0.2, 0) is 15.6 Å². The number of methoxy groups -OCH3 is 2. The van der Waals surface area contributed by atoms with E-state index in [1.165, 1.54) is 21.1 Å². The number of rotatable bonds is 9. The molecule has 0 amide bonds. The summed E-state index contributed by atoms with van der Waals surface area (Å²) in [5, 5.41) is 18.5. The Morgan fingerprint density at radius 1 is 1.03 bits per heavy atom. The number of aliphatic hydroxyl groups excluding tert-OH is 1. The maximum absolute atomic E-state index is 13.7. The van der Waals surface area contributed by atoms with E-state index < -0.39 is 26.9 Å². The monoisotopic (exact) mass is 537 g/mol. The Kier molecular flexibility index (Phi) is 6.67. The number of furan rings is 1. The van der Waals surface area contributed by atoms with Gasteiger partial charge >= 0.3 is 0 Å². The quantitative estimate of drug-likeness (QED) is 0.300. The SMILES string of the molecule is COc1cccc(OC)c1-n1c(CS(=O)(=O)[C@@H](C)[C@H](O)c2cccc3nccn23)nnc1-c1ccc(C)o1. The van der Waals surface area contributed by atoms with Crippen LogP contribution in [0.5, 0.6) is 11.5 Å². The molecule has 5 rings (SSSR count). The molecule has 0 aliphatic rings. The number of fused-ring (bicyclic) bond motifs is 1. The van der Waals surface area contributed by atoms with Crippen LogP contribution in [0.15, 0.2) is 65.3 Å². The number of para-hydroxylation sites is 1. The average Bonchev–Trinajstić information content (AvgIpc) is 3.66. The predicted molar refractivity (Wildman–Crippen MR) is 139 cm³/mol. The number of nitrogens with zero attached hydrogens (tertiary/aromatic N) is 5. The van der Waals surface area contributed by atoms with Gasteiger partial charge in [-0.2, -0.15) is 0 Å². The number of pyridine rings is 1. The van der Waals surface area contributed by atoms with Gasteiger partial charge in [-0.25, -0.2) is 13.4 Å². The first-order valence-corrected chi connectivity index (χ1v) is 13.5. The molecule has 1 aromatic carbocycles. The minimum Gasteiger partial charge on any atom is -0.494 e. The number of hydrogen-bond donors (Lipinski definition) is 1. The normalized spacial score (nSPS) is 13.5. The molecule has 0 saturated heterocycles. The third-order valence-electron chi connectivity index (χ3n) is 6.42. The fourth-order valence-electron chi connectivity index (χ4n) is 4.37. The van der Waals surface area contributed by atoms with Crippen molar-refractivity contribution in [2.75, 3.05) is 14.2 Å². The van der Waals surface area contributed by atoms with E-state index in [-0.39, 0.29) is 11.6 Å². The smallest absolute Gasteiger partial charge is 0.204 e. The minimum atomic E-state index is -3.97. The van der Waals surface area contributed by atoms with Crippen molar-refractivity contribution in [3.63, 3.8) is 0 Å². The summed E-state index contributed by atoms with van der Waals surface area (Å²) in [6.07, 6.45) is 1.95. The van der Waals surface area contributed by atoms with Gasteiger partial charge in [-0.15, -0.1) is 10.2 Å². The summed E-state index contributed by atoms with van der Waals surface area (Å²) in [5.41, 5.74) is 1.44. The number of aliphatic hydroxyl groups is 1. The van der Waals surface area contributed by atoms with E-state index in [1.54, 1.807) is 76.8 Å². The van der Waals surface area contributed by atoms with E-state index in [2.05, 4.69) is 15.2 Å². The van der Waals surface area contributed by atoms with Crippen LogP contribution >= 0.6 is 0 Å². The van der Waals surface area contributed by atoms with Crippen LogP contribution < -0.4 is 9.47 Å². The first-order chi connectivity index (χ1) is 18.2. The first-order valence-electron chi connectivity index (χ1n) is 11.8. The molecule has 0 aliphatic heterocycles. The Morgan fingerprint density at radius 3 is 2.39 bits per heavy atom. The highest BCUT2D eigenvalue weighted by Crippen LogP contribution is 2.37. The second-order valence-corrected chi connectivity index (χ2v) is 11.1. The predicted octanol–water partition coefficient (Wildman–Crippen LogP) is 3.54. The van der Waals surface area contributed by atoms with Crippen molar-refractivity contribution in [3.05, 3.63) is 78.2 Å². The largest absolute Gasteiger partial charge is 0.494 e. The summed E-state index contributed by atoms with van der Waals surface area (Å²) in [4.78, 5) is 4.21. The van der Waals surface area contributed by atoms with E-state index in [4.69, 9.17) is 13.9 Å². The Bertz CT molecular complexity index is 1680. The summed E-state index contributed by atoms with van der Waals surface area (Å²) in [5.74, 6) is 1.77. The molecule has 12 heteroatoms. The van der Waals surface area contributed by atoms with Crippen LogP contribution in [0.3, 0.4) is 0 Å². The van der Waals surface area contributed by atoms with Crippen LogP contribution in [-0.4, -0.2) is 57.1 Å². The molecule has 0 aliphatic carbocycles. The lowest BCUT2D eigenvalue weighted by Crippen LogP contribution is -2.29. The zero-order valence-corrected chi connectivity index (χ0v) is 22.1. The van der Waals surface area contributed by atoms with Crippen LogP contribution in [0, 0.1) is 6.92 Å². The minimum absolute atomic E-state index is 0.108. The maximum atomic E-state index is 13.7. The topological polar surface area (TPSA) is 134 Å². The van der Waals surface area contributed by atoms with Crippen LogP contribution in [0.4, 0.5) is 0 Å². The molecule has 0 fully saturated rings. The molecule has 0 radical (unpaired) electrons. The van der Waals surface area contributed by atoms with Crippen molar-refractivity contribution in [1.82, 2.24) is 24.1 Å². The Labute approximate surface area is 219 Å². The molecule has 5 aromatic rings. The fraction of sp³-hybridized carbons (Fsp3) is 0.269. The van der Waals surface area contributed by atoms with Gasteiger partial charge in [0.2, 0.25) is 5.82 Å². The molecule has 11 nitrogen and oxygen atoms in total. The van der Waals surface area contributed by atoms with Crippen LogP contribution in [0.1, 0.15) is 30.3 Å². The number of ether oxygens (including phenoxy) is 2. The number of aromatic nitrogens is 5. The highest BCUT2D eigenvalue weighted by Gasteiger charge is 2.34. The number of sulfone groups is 1. The van der Waals surface area contributed by atoms with Crippen molar-refractivity contribution >= 4 is 15.5 Å². The summed E-state index contributed by atoms with van der Waals surface area (Å²) in [6, 6.07) is 13.9. The molecule has 0 unspecified atom stereocenters. The second kappa shape index (κ2) is 9.95. The molecular weight excluding hydrogens is 510 g/mol. The lowest BCUT2D eigenvalue weighted by molar-refractivity contribution is 0.169. The molecule has 4 heterocycles. The van der Waals surface area contributed by atoms with Gasteiger partial charge in [0, 0.05) is 12.4 Å². The molecular formula is C26H27N5O6S. The molecule has 4 aromatic heterocycles. The maximum Gasteiger partial charge on any atom is 0.204 e. The van der Waals surface area contributed by atoms with Gasteiger partial charge in [0.25, 0.3) is 0 Å². The number of imidazole rings is 1. The molecule has 0 saturated carbocycles. The molecule has 198 valence electrons. The van der Waals surface area contributed by atoms with Gasteiger partial charge in [-0.3, -0.25) is 4.57 Å². The van der Waals surface area contributed by atoms with Gasteiger partial charge in [0.15, 0.2) is 21.4 Å². The van der Waals surface area contributed by atoms with Crippen molar-refractivity contribution in [1.29, 1.82) is 0 Å². The van der Waals surface area contributed by atoms with E-state index in [0.717, 1.165) is 0 Å². The van der Waals surface area contributed by atoms with E-state index >= 15 is 0 Å². The lowest BCUT2D eigenvalue weighted by Gasteiger charge is -2.21. The molecule has 38 heavy (non-hydrogen) atoms. The Balaban J connectivity index is 1.60. The van der Waals surface area contributed by atoms with Crippen LogP contribution in [0.25, 0.3) is 22.9 Å². The summed E-state index contributed by atoms with van der Waals surface area (Å²) < 4.78 is 47.5. The third-order valence-corrected chi connectivity index (χ3v) is 8.47. The Morgan fingerprint density at radius 2 is 1.74 bits per heavy atom. The van der Waals surface area contributed by atoms with Gasteiger partial charge in [0.1, 0.15) is 40.5 Å². The van der Waals surface area contributed by atoms with E-state index in [1.807, 2.05) is 0 Å². The van der Waals surface area contributed by atoms with E-state index in [9.17, 15) is 13.5 Å². The molecule has 0 spiro atoms. The van der Waals surface area contributed by atoms with Crippen molar-refractivity contribution < 1.29 is 27.4 Å². The fourth-order valence-corrected chi connectivity index (χ4v) is 5.71. The average molecular weight is 538 g/mol. The number of benzene rings is 1. The summed E-state index contributed by atoms with van der Waals surface area (Å²) in [6.45, 7) is 3.26. The molecule has 2 atom stereocenters. The van der Waals surface area contributed by atoms with Gasteiger partial charge in [-0.05, 0) is 50.2 Å². The highest BCUT2D eigenvalue weighted by molar-refractivity contribution is 7.91. The third kappa shape index (κ3) is 4.41. The molecule has 0 bridgehead atoms. The zero-order chi connectivity index (χ0) is 27.0. The number of hydrogen-bond acceptors (Lipinski definition) is 9. The second-order valence-electron chi connectivity index (χ2n) is 8.76. The van der Waals surface area contributed by atoms with E-state index in [0.29, 0.717) is 40.0 Å². The Hall–Kier alpha value is -4.16. The molecule has 1 N–H and O–H groups in total. The highest BCUT2D eigenvalue weighted by atomic mass is 32.2. The van der Waals surface area contributed by atoms with Crippen LogP contribution in [0.2, 0.25) is 0 Å². The van der Waals surface area contributed by atoms with Crippen molar-refractivity contribution in [2.45, 2.75) is 31.0 Å². The van der Waals surface area contributed by atoms with Gasteiger partial charge in [-0.1, -0.05) is 12.1 Å². The summed E-state index contributed by atoms with van der Waals surface area (Å²) >= 11 is 0. The van der Waals surface area contributed by atoms with Gasteiger partial charge in [0.05, 0.1) is 25.2 Å². The standard InChI is InChI=1S/C26H27N5O6S/c1-16-11-12-21(37-16)26-29-28-23(31(26)24-19(35-3)8-6-9-20(24)36-4)15-38(33,34)17(2)25(32)18-7-5-10-22-27-13-14-30(18)22/h5-14,17,25,32H,15H2,1-4H3/t17-,25-/m0/s1. The lowest BCUT2D eigenvalue weighted by atomic mass is 10.2. The van der Waals surface area contributed by atoms with Gasteiger partial charge < -0.3 is 23.4 Å². The van der Waals surface area contributed by atoms with Crippen molar-refractivity contribution in [3.8, 4) is 28.8 Å². The van der Waals surface area contributed by atoms with Crippen molar-refractivity contribution in [2.24, 2.45) is 0 Å². The first kappa shape index (κ1) is 25.5.